The maximum Gasteiger partial charge on any atom is 0.408 e. The van der Waals surface area contributed by atoms with E-state index in [9.17, 15) is 9.59 Å². The van der Waals surface area contributed by atoms with Crippen LogP contribution in [-0.2, 0) is 4.74 Å². The van der Waals surface area contributed by atoms with Gasteiger partial charge in [-0.1, -0.05) is 23.4 Å². The van der Waals surface area contributed by atoms with Crippen molar-refractivity contribution in [3.63, 3.8) is 0 Å². The zero-order valence-electron chi connectivity index (χ0n) is 19.6. The average molecular weight is 463 g/mol. The summed E-state index contributed by atoms with van der Waals surface area (Å²) in [6.07, 6.45) is 2.75. The van der Waals surface area contributed by atoms with Gasteiger partial charge in [-0.05, 0) is 58.4 Å². The normalized spacial score (nSPS) is 12.4. The molecule has 34 heavy (non-hydrogen) atoms. The highest BCUT2D eigenvalue weighted by Gasteiger charge is 2.22. The predicted octanol–water partition coefficient (Wildman–Crippen LogP) is 4.53. The number of pyridine rings is 1. The Morgan fingerprint density at radius 3 is 2.74 bits per heavy atom. The second-order valence-electron chi connectivity index (χ2n) is 8.88. The summed E-state index contributed by atoms with van der Waals surface area (Å²) >= 11 is 0. The van der Waals surface area contributed by atoms with E-state index in [0.29, 0.717) is 28.4 Å². The van der Waals surface area contributed by atoms with Crippen LogP contribution < -0.4 is 10.6 Å². The zero-order chi connectivity index (χ0) is 24.5. The molecule has 3 aromatic heterocycles. The van der Waals surface area contributed by atoms with Crippen molar-refractivity contribution in [2.45, 2.75) is 46.3 Å². The lowest BCUT2D eigenvalue weighted by atomic mass is 10.1. The molecule has 4 rings (SSSR count). The molecule has 0 bridgehead atoms. The van der Waals surface area contributed by atoms with Gasteiger partial charge in [-0.3, -0.25) is 9.20 Å². The number of rotatable bonds is 5. The summed E-state index contributed by atoms with van der Waals surface area (Å²) < 4.78 is 12.3. The van der Waals surface area contributed by atoms with Gasteiger partial charge < -0.3 is 19.9 Å². The lowest BCUT2D eigenvalue weighted by Gasteiger charge is -2.20. The van der Waals surface area contributed by atoms with Gasteiger partial charge in [-0.25, -0.2) is 9.78 Å². The quantitative estimate of drug-likeness (QED) is 0.446. The van der Waals surface area contributed by atoms with Crippen molar-refractivity contribution in [2.75, 3.05) is 5.32 Å². The van der Waals surface area contributed by atoms with Gasteiger partial charge in [0.25, 0.3) is 5.91 Å². The van der Waals surface area contributed by atoms with Crippen molar-refractivity contribution in [1.82, 2.24) is 24.8 Å². The molecule has 10 nitrogen and oxygen atoms in total. The first-order chi connectivity index (χ1) is 16.1. The molecule has 0 aliphatic rings. The zero-order valence-corrected chi connectivity index (χ0v) is 19.6. The van der Waals surface area contributed by atoms with Crippen LogP contribution in [0.4, 0.5) is 10.5 Å². The van der Waals surface area contributed by atoms with Crippen LogP contribution >= 0.6 is 0 Å². The minimum absolute atomic E-state index is 0.234. The van der Waals surface area contributed by atoms with Crippen LogP contribution in [-0.4, -0.2) is 37.1 Å². The summed E-state index contributed by atoms with van der Waals surface area (Å²) in [5.74, 6) is 0.277. The molecule has 176 valence electrons. The molecule has 1 aromatic carbocycles. The molecule has 2 N–H and O–H groups in total. The van der Waals surface area contributed by atoms with Gasteiger partial charge in [0.1, 0.15) is 23.0 Å². The fraction of sp³-hybridized carbons (Fsp3) is 0.292. The van der Waals surface area contributed by atoms with E-state index in [2.05, 4.69) is 25.8 Å². The van der Waals surface area contributed by atoms with Gasteiger partial charge in [0, 0.05) is 17.4 Å². The van der Waals surface area contributed by atoms with E-state index in [1.165, 1.54) is 6.20 Å². The number of nitrogens with zero attached hydrogens (tertiary/aromatic N) is 4. The molecule has 4 aromatic rings. The Labute approximate surface area is 196 Å². The molecule has 0 radical (unpaired) electrons. The highest BCUT2D eigenvalue weighted by Crippen LogP contribution is 2.25. The fourth-order valence-electron chi connectivity index (χ4n) is 3.26. The Hall–Kier alpha value is -4.21. The molecule has 0 fully saturated rings. The summed E-state index contributed by atoms with van der Waals surface area (Å²) in [4.78, 5) is 33.6. The molecule has 0 saturated heterocycles. The summed E-state index contributed by atoms with van der Waals surface area (Å²) in [6, 6.07) is 10.4. The van der Waals surface area contributed by atoms with Crippen LogP contribution in [0.5, 0.6) is 0 Å². The van der Waals surface area contributed by atoms with Gasteiger partial charge in [-0.2, -0.15) is 4.98 Å². The summed E-state index contributed by atoms with van der Waals surface area (Å²) in [5, 5.41) is 9.63. The molecule has 10 heteroatoms. The van der Waals surface area contributed by atoms with E-state index < -0.39 is 17.7 Å². The third kappa shape index (κ3) is 5.06. The van der Waals surface area contributed by atoms with Gasteiger partial charge in [0.2, 0.25) is 11.7 Å². The first-order valence-corrected chi connectivity index (χ1v) is 10.8. The summed E-state index contributed by atoms with van der Waals surface area (Å²) in [5.41, 5.74) is 2.62. The number of aromatic nitrogens is 4. The van der Waals surface area contributed by atoms with Gasteiger partial charge in [0.05, 0.1) is 6.20 Å². The van der Waals surface area contributed by atoms with Gasteiger partial charge in [-0.15, -0.1) is 0 Å². The molecule has 2 amide bonds. The van der Waals surface area contributed by atoms with E-state index in [-0.39, 0.29) is 11.8 Å². The second kappa shape index (κ2) is 8.97. The smallest absolute Gasteiger partial charge is 0.408 e. The lowest BCUT2D eigenvalue weighted by Crippen LogP contribution is -2.34. The Kier molecular flexibility index (Phi) is 6.06. The van der Waals surface area contributed by atoms with Crippen molar-refractivity contribution >= 4 is 23.3 Å². The summed E-state index contributed by atoms with van der Waals surface area (Å²) in [6.45, 7) is 8.96. The number of nitrogens with one attached hydrogen (secondary N) is 2. The highest BCUT2D eigenvalue weighted by molar-refractivity contribution is 6.04. The number of anilines is 1. The number of amides is 2. The molecular formula is C24H26N6O4. The van der Waals surface area contributed by atoms with Crippen molar-refractivity contribution in [2.24, 2.45) is 0 Å². The molecule has 0 saturated carbocycles. The SMILES string of the molecule is Cc1ccc(-c2noc([C@H](C)NC(=O)OC(C)(C)C)n2)cc1NC(=O)c1cnc2ccccn12. The third-order valence-electron chi connectivity index (χ3n) is 4.94. The molecule has 3 heterocycles. The predicted molar refractivity (Wildman–Crippen MR) is 125 cm³/mol. The lowest BCUT2D eigenvalue weighted by molar-refractivity contribution is 0.0499. The fourth-order valence-corrected chi connectivity index (χ4v) is 3.26. The minimum atomic E-state index is -0.615. The number of alkyl carbamates (subject to hydrolysis) is 1. The van der Waals surface area contributed by atoms with Crippen molar-refractivity contribution in [1.29, 1.82) is 0 Å². The van der Waals surface area contributed by atoms with E-state index in [1.807, 2.05) is 37.3 Å². The first-order valence-electron chi connectivity index (χ1n) is 10.8. The van der Waals surface area contributed by atoms with Crippen molar-refractivity contribution in [3.05, 3.63) is 65.9 Å². The summed E-state index contributed by atoms with van der Waals surface area (Å²) in [7, 11) is 0. The molecule has 0 aliphatic carbocycles. The van der Waals surface area contributed by atoms with Crippen LogP contribution in [0, 0.1) is 6.92 Å². The number of benzene rings is 1. The third-order valence-corrected chi connectivity index (χ3v) is 4.94. The van der Waals surface area contributed by atoms with Gasteiger partial charge in [0.15, 0.2) is 0 Å². The first kappa shape index (κ1) is 23.0. The molecule has 1 atom stereocenters. The highest BCUT2D eigenvalue weighted by atomic mass is 16.6. The van der Waals surface area contributed by atoms with E-state index >= 15 is 0 Å². The van der Waals surface area contributed by atoms with Crippen molar-refractivity contribution in [3.8, 4) is 11.4 Å². The van der Waals surface area contributed by atoms with Gasteiger partial charge >= 0.3 is 6.09 Å². The Bertz CT molecular complexity index is 1350. The van der Waals surface area contributed by atoms with Crippen LogP contribution in [0.15, 0.2) is 53.3 Å². The Balaban J connectivity index is 1.51. The number of carbonyl (C=O) groups excluding carboxylic acids is 2. The standard InChI is InChI=1S/C24H26N6O4/c1-14-9-10-16(20-28-22(34-29-20)15(2)26-23(32)33-24(3,4)5)12-17(14)27-21(31)18-13-25-19-8-6-7-11-30(18)19/h6-13,15H,1-5H3,(H,26,32)(H,27,31)/t15-/m0/s1. The second-order valence-corrected chi connectivity index (χ2v) is 8.88. The Morgan fingerprint density at radius 1 is 1.18 bits per heavy atom. The molecule has 0 aliphatic heterocycles. The Morgan fingerprint density at radius 2 is 1.97 bits per heavy atom. The number of ether oxygens (including phenoxy) is 1. The topological polar surface area (TPSA) is 124 Å². The minimum Gasteiger partial charge on any atom is -0.444 e. The number of aryl methyl sites for hydroxylation is 1. The maximum atomic E-state index is 12.9. The van der Waals surface area contributed by atoms with Crippen LogP contribution in [0.1, 0.15) is 55.7 Å². The average Bonchev–Trinajstić information content (AvgIpc) is 3.41. The van der Waals surface area contributed by atoms with Crippen LogP contribution in [0.2, 0.25) is 0 Å². The van der Waals surface area contributed by atoms with Crippen molar-refractivity contribution < 1.29 is 18.8 Å². The number of hydrogen-bond acceptors (Lipinski definition) is 7. The van der Waals surface area contributed by atoms with Crippen LogP contribution in [0.3, 0.4) is 0 Å². The number of fused-ring (bicyclic) bond motifs is 1. The number of carbonyl (C=O) groups is 2. The maximum absolute atomic E-state index is 12.9. The van der Waals surface area contributed by atoms with E-state index in [0.717, 1.165) is 5.56 Å². The molecule has 0 spiro atoms. The molecular weight excluding hydrogens is 436 g/mol. The number of imidazole rings is 1. The van der Waals surface area contributed by atoms with Crippen LogP contribution in [0.25, 0.3) is 17.0 Å². The number of hydrogen-bond donors (Lipinski definition) is 2. The van der Waals surface area contributed by atoms with E-state index in [1.54, 1.807) is 44.4 Å². The molecule has 0 unspecified atom stereocenters. The largest absolute Gasteiger partial charge is 0.444 e. The monoisotopic (exact) mass is 462 g/mol. The van der Waals surface area contributed by atoms with E-state index in [4.69, 9.17) is 9.26 Å².